The summed E-state index contributed by atoms with van der Waals surface area (Å²) >= 11 is 0. The second-order valence-electron chi connectivity index (χ2n) is 10.7. The molecule has 2 heterocycles. The molecule has 0 saturated carbocycles. The van der Waals surface area contributed by atoms with Crippen LogP contribution in [0.4, 0.5) is 17.1 Å². The van der Waals surface area contributed by atoms with Gasteiger partial charge in [-0.2, -0.15) is 0 Å². The molecule has 1 atom stereocenters. The van der Waals surface area contributed by atoms with Gasteiger partial charge in [0.05, 0.1) is 22.6 Å². The lowest BCUT2D eigenvalue weighted by atomic mass is 9.90. The molecule has 0 radical (unpaired) electrons. The number of imidazole rings is 1. The molecular formula is C34H30N6O3. The minimum absolute atomic E-state index is 0.0701. The number of amides is 1. The van der Waals surface area contributed by atoms with Crippen LogP contribution < -0.4 is 5.32 Å². The van der Waals surface area contributed by atoms with Crippen LogP contribution in [0.15, 0.2) is 121 Å². The summed E-state index contributed by atoms with van der Waals surface area (Å²) in [5.41, 5.74) is 6.47. The standard InChI is InChI=1S/C34H30N6O3/c1-38(20-24-5-3-2-4-6-24)21-25-9-13-28(14-10-25)36-33(27-11-7-26(8-12-27)22-39-18-17-35-23-39)32-30-19-29(40(42)43)15-16-31(30)37-34(32)41/h2-19,23,32H,20-22H2,1H3,(H,37,41). The minimum Gasteiger partial charge on any atom is -0.333 e. The summed E-state index contributed by atoms with van der Waals surface area (Å²) in [6.07, 6.45) is 5.40. The van der Waals surface area contributed by atoms with E-state index in [1.165, 1.54) is 17.7 Å². The van der Waals surface area contributed by atoms with Crippen molar-refractivity contribution >= 4 is 28.7 Å². The number of non-ortho nitro benzene ring substituents is 1. The Bertz CT molecular complexity index is 1770. The third-order valence-corrected chi connectivity index (χ3v) is 7.46. The van der Waals surface area contributed by atoms with E-state index in [0.29, 0.717) is 29.2 Å². The number of aromatic nitrogens is 2. The molecule has 0 fully saturated rings. The van der Waals surface area contributed by atoms with Crippen molar-refractivity contribution in [3.05, 3.63) is 154 Å². The van der Waals surface area contributed by atoms with Gasteiger partial charge in [-0.3, -0.25) is 24.8 Å². The number of hydrogen-bond donors (Lipinski definition) is 1. The molecule has 0 saturated heterocycles. The van der Waals surface area contributed by atoms with Crippen LogP contribution in [0.5, 0.6) is 0 Å². The lowest BCUT2D eigenvalue weighted by molar-refractivity contribution is -0.384. The average molecular weight is 571 g/mol. The maximum Gasteiger partial charge on any atom is 0.269 e. The molecule has 1 N–H and O–H groups in total. The maximum absolute atomic E-state index is 13.3. The van der Waals surface area contributed by atoms with E-state index in [9.17, 15) is 14.9 Å². The second-order valence-corrected chi connectivity index (χ2v) is 10.7. The molecule has 43 heavy (non-hydrogen) atoms. The molecule has 214 valence electrons. The van der Waals surface area contributed by atoms with Gasteiger partial charge < -0.3 is 9.88 Å². The van der Waals surface area contributed by atoms with E-state index >= 15 is 0 Å². The summed E-state index contributed by atoms with van der Waals surface area (Å²) in [5, 5.41) is 14.4. The summed E-state index contributed by atoms with van der Waals surface area (Å²) in [5.74, 6) is -1.07. The van der Waals surface area contributed by atoms with Crippen LogP contribution in [0.3, 0.4) is 0 Å². The first kappa shape index (κ1) is 27.7. The van der Waals surface area contributed by atoms with Gasteiger partial charge in [-0.1, -0.05) is 66.7 Å². The van der Waals surface area contributed by atoms with Crippen LogP contribution in [0.1, 0.15) is 33.7 Å². The highest BCUT2D eigenvalue weighted by atomic mass is 16.6. The van der Waals surface area contributed by atoms with Crippen LogP contribution in [0, 0.1) is 10.1 Å². The van der Waals surface area contributed by atoms with Crippen LogP contribution in [0.25, 0.3) is 0 Å². The lowest BCUT2D eigenvalue weighted by Gasteiger charge is -2.17. The highest BCUT2D eigenvalue weighted by Gasteiger charge is 2.36. The molecule has 9 nitrogen and oxygen atoms in total. The maximum atomic E-state index is 13.3. The van der Waals surface area contributed by atoms with E-state index in [2.05, 4.69) is 34.4 Å². The van der Waals surface area contributed by atoms with Crippen molar-refractivity contribution in [2.75, 3.05) is 12.4 Å². The number of nitrogens with zero attached hydrogens (tertiary/aromatic N) is 5. The first-order valence-corrected chi connectivity index (χ1v) is 14.0. The van der Waals surface area contributed by atoms with Crippen molar-refractivity contribution in [2.45, 2.75) is 25.6 Å². The average Bonchev–Trinajstić information content (AvgIpc) is 3.64. The molecule has 1 amide bonds. The topological polar surface area (TPSA) is 106 Å². The normalized spacial score (nSPS) is 14.5. The molecular weight excluding hydrogens is 540 g/mol. The summed E-state index contributed by atoms with van der Waals surface area (Å²) < 4.78 is 1.97. The SMILES string of the molecule is CN(Cc1ccccc1)Cc1ccc(N=C(c2ccc(Cn3ccnc3)cc2)C2C(=O)Nc3ccc([N+](=O)[O-])cc32)cc1. The van der Waals surface area contributed by atoms with E-state index in [-0.39, 0.29) is 11.6 Å². The Kier molecular flexibility index (Phi) is 7.88. The molecule has 5 aromatic rings. The number of rotatable bonds is 10. The van der Waals surface area contributed by atoms with Crippen LogP contribution >= 0.6 is 0 Å². The van der Waals surface area contributed by atoms with Gasteiger partial charge in [0.1, 0.15) is 5.92 Å². The predicted molar refractivity (Wildman–Crippen MR) is 166 cm³/mol. The zero-order chi connectivity index (χ0) is 29.8. The zero-order valence-electron chi connectivity index (χ0n) is 23.6. The quantitative estimate of drug-likeness (QED) is 0.120. The zero-order valence-corrected chi connectivity index (χ0v) is 23.6. The van der Waals surface area contributed by atoms with Crippen molar-refractivity contribution in [3.63, 3.8) is 0 Å². The fourth-order valence-electron chi connectivity index (χ4n) is 5.38. The van der Waals surface area contributed by atoms with E-state index in [1.54, 1.807) is 18.6 Å². The van der Waals surface area contributed by atoms with Crippen molar-refractivity contribution in [2.24, 2.45) is 4.99 Å². The molecule has 4 aromatic carbocycles. The van der Waals surface area contributed by atoms with E-state index < -0.39 is 10.8 Å². The van der Waals surface area contributed by atoms with Crippen LogP contribution in [-0.4, -0.2) is 38.0 Å². The predicted octanol–water partition coefficient (Wildman–Crippen LogP) is 6.33. The molecule has 0 spiro atoms. The van der Waals surface area contributed by atoms with Crippen LogP contribution in [-0.2, 0) is 24.4 Å². The Balaban J connectivity index is 1.31. The third kappa shape index (κ3) is 6.42. The van der Waals surface area contributed by atoms with E-state index in [4.69, 9.17) is 4.99 Å². The molecule has 0 bridgehead atoms. The van der Waals surface area contributed by atoms with Gasteiger partial charge in [-0.05, 0) is 47.5 Å². The number of nitrogens with one attached hydrogen (secondary N) is 1. The molecule has 9 heteroatoms. The summed E-state index contributed by atoms with van der Waals surface area (Å²) in [4.78, 5) is 35.8. The van der Waals surface area contributed by atoms with Crippen molar-refractivity contribution in [1.82, 2.24) is 14.5 Å². The lowest BCUT2D eigenvalue weighted by Crippen LogP contribution is -2.22. The van der Waals surface area contributed by atoms with Gasteiger partial charge in [-0.15, -0.1) is 0 Å². The fraction of sp³-hybridized carbons (Fsp3) is 0.147. The number of aliphatic imine (C=N–C) groups is 1. The number of hydrogen-bond acceptors (Lipinski definition) is 6. The first-order valence-electron chi connectivity index (χ1n) is 14.0. The molecule has 1 aromatic heterocycles. The Morgan fingerprint density at radius 2 is 1.65 bits per heavy atom. The Hall–Kier alpha value is -5.41. The summed E-state index contributed by atoms with van der Waals surface area (Å²) in [7, 11) is 2.09. The van der Waals surface area contributed by atoms with Gasteiger partial charge in [0.15, 0.2) is 0 Å². The van der Waals surface area contributed by atoms with Gasteiger partial charge in [0, 0.05) is 55.4 Å². The van der Waals surface area contributed by atoms with Gasteiger partial charge in [0.2, 0.25) is 5.91 Å². The molecule has 6 rings (SSSR count). The van der Waals surface area contributed by atoms with E-state index in [0.717, 1.165) is 29.8 Å². The largest absolute Gasteiger partial charge is 0.333 e. The molecule has 1 aliphatic rings. The number of anilines is 1. The highest BCUT2D eigenvalue weighted by molar-refractivity contribution is 6.24. The molecule has 0 aliphatic carbocycles. The van der Waals surface area contributed by atoms with Gasteiger partial charge in [0.25, 0.3) is 5.69 Å². The number of nitro groups is 1. The number of carbonyl (C=O) groups excluding carboxylic acids is 1. The monoisotopic (exact) mass is 570 g/mol. The Labute approximate surface area is 249 Å². The van der Waals surface area contributed by atoms with Crippen molar-refractivity contribution in [3.8, 4) is 0 Å². The summed E-state index contributed by atoms with van der Waals surface area (Å²) in [6.45, 7) is 2.27. The van der Waals surface area contributed by atoms with Gasteiger partial charge in [-0.25, -0.2) is 4.98 Å². The number of carbonyl (C=O) groups is 1. The van der Waals surface area contributed by atoms with Crippen LogP contribution in [0.2, 0.25) is 0 Å². The highest BCUT2D eigenvalue weighted by Crippen LogP contribution is 2.38. The minimum atomic E-state index is -0.800. The van der Waals surface area contributed by atoms with Gasteiger partial charge >= 0.3 is 0 Å². The summed E-state index contributed by atoms with van der Waals surface area (Å²) in [6, 6.07) is 30.6. The van der Waals surface area contributed by atoms with Crippen molar-refractivity contribution < 1.29 is 9.72 Å². The number of nitro benzene ring substituents is 1. The third-order valence-electron chi connectivity index (χ3n) is 7.46. The molecule has 1 aliphatic heterocycles. The Morgan fingerprint density at radius 1 is 0.953 bits per heavy atom. The second kappa shape index (κ2) is 12.2. The molecule has 1 unspecified atom stereocenters. The smallest absolute Gasteiger partial charge is 0.269 e. The fourth-order valence-corrected chi connectivity index (χ4v) is 5.38. The van der Waals surface area contributed by atoms with Crippen molar-refractivity contribution in [1.29, 1.82) is 0 Å². The number of benzene rings is 4. The first-order chi connectivity index (χ1) is 20.9. The van der Waals surface area contributed by atoms with E-state index in [1.807, 2.05) is 77.5 Å². The number of fused-ring (bicyclic) bond motifs is 1. The Morgan fingerprint density at radius 3 is 2.33 bits per heavy atom.